The summed E-state index contributed by atoms with van der Waals surface area (Å²) in [6.45, 7) is 6.10. The SMILES string of the molecule is CC(=O)N1CCCc2cc(S(=O)(=O)N(C(C)C)C3CC3)ccc21. The van der Waals surface area contributed by atoms with Crippen LogP contribution in [-0.4, -0.2) is 37.3 Å². The van der Waals surface area contributed by atoms with Crippen molar-refractivity contribution in [1.29, 1.82) is 0 Å². The first kappa shape index (κ1) is 16.5. The number of aryl methyl sites for hydroxylation is 1. The molecule has 5 nitrogen and oxygen atoms in total. The molecule has 0 N–H and O–H groups in total. The molecule has 1 fully saturated rings. The molecule has 0 atom stereocenters. The molecule has 0 spiro atoms. The number of benzene rings is 1. The fraction of sp³-hybridized carbons (Fsp3) is 0.588. The molecule has 3 rings (SSSR count). The Labute approximate surface area is 138 Å². The van der Waals surface area contributed by atoms with E-state index in [0.717, 1.165) is 36.9 Å². The number of hydrogen-bond acceptors (Lipinski definition) is 3. The van der Waals surface area contributed by atoms with Crippen molar-refractivity contribution in [2.75, 3.05) is 11.4 Å². The van der Waals surface area contributed by atoms with Gasteiger partial charge in [0.25, 0.3) is 0 Å². The van der Waals surface area contributed by atoms with Crippen molar-refractivity contribution in [3.05, 3.63) is 23.8 Å². The smallest absolute Gasteiger partial charge is 0.243 e. The summed E-state index contributed by atoms with van der Waals surface area (Å²) in [6, 6.07) is 5.29. The third-order valence-corrected chi connectivity index (χ3v) is 6.67. The van der Waals surface area contributed by atoms with Gasteiger partial charge in [0.1, 0.15) is 0 Å². The molecular formula is C17H24N2O3S. The van der Waals surface area contributed by atoms with Crippen LogP contribution in [0.1, 0.15) is 45.6 Å². The lowest BCUT2D eigenvalue weighted by Gasteiger charge is -2.30. The molecule has 1 heterocycles. The number of sulfonamides is 1. The van der Waals surface area contributed by atoms with Gasteiger partial charge in [-0.3, -0.25) is 4.79 Å². The Morgan fingerprint density at radius 2 is 2.00 bits per heavy atom. The fourth-order valence-electron chi connectivity index (χ4n) is 3.41. The van der Waals surface area contributed by atoms with Gasteiger partial charge >= 0.3 is 0 Å². The number of hydrogen-bond donors (Lipinski definition) is 0. The van der Waals surface area contributed by atoms with Crippen LogP contribution in [0.5, 0.6) is 0 Å². The quantitative estimate of drug-likeness (QED) is 0.849. The number of fused-ring (bicyclic) bond motifs is 1. The molecule has 1 aromatic rings. The zero-order valence-electron chi connectivity index (χ0n) is 13.9. The van der Waals surface area contributed by atoms with E-state index in [9.17, 15) is 13.2 Å². The second-order valence-corrected chi connectivity index (χ2v) is 8.57. The standard InChI is InChI=1S/C17H24N2O3S/c1-12(2)19(15-6-7-15)23(21,22)16-8-9-17-14(11-16)5-4-10-18(17)13(3)20/h8-9,11-12,15H,4-7,10H2,1-3H3. The topological polar surface area (TPSA) is 57.7 Å². The normalized spacial score (nSPS) is 18.4. The van der Waals surface area contributed by atoms with E-state index in [0.29, 0.717) is 11.4 Å². The van der Waals surface area contributed by atoms with Crippen molar-refractivity contribution in [2.45, 2.75) is 63.4 Å². The van der Waals surface area contributed by atoms with Gasteiger partial charge in [-0.15, -0.1) is 0 Å². The minimum absolute atomic E-state index is 0.00310. The minimum Gasteiger partial charge on any atom is -0.312 e. The molecule has 0 bridgehead atoms. The number of carbonyl (C=O) groups is 1. The van der Waals surface area contributed by atoms with E-state index in [1.807, 2.05) is 13.8 Å². The lowest BCUT2D eigenvalue weighted by Crippen LogP contribution is -2.39. The Morgan fingerprint density at radius 3 is 2.57 bits per heavy atom. The largest absolute Gasteiger partial charge is 0.312 e. The van der Waals surface area contributed by atoms with Crippen LogP contribution in [0.4, 0.5) is 5.69 Å². The Morgan fingerprint density at radius 1 is 1.30 bits per heavy atom. The molecule has 1 amide bonds. The van der Waals surface area contributed by atoms with Crippen LogP contribution in [0, 0.1) is 0 Å². The summed E-state index contributed by atoms with van der Waals surface area (Å²) in [5, 5.41) is 0. The zero-order chi connectivity index (χ0) is 16.8. The summed E-state index contributed by atoms with van der Waals surface area (Å²) in [4.78, 5) is 13.8. The highest BCUT2D eigenvalue weighted by Crippen LogP contribution is 2.36. The van der Waals surface area contributed by atoms with Crippen molar-refractivity contribution in [3.63, 3.8) is 0 Å². The molecule has 1 saturated carbocycles. The van der Waals surface area contributed by atoms with Gasteiger partial charge in [-0.1, -0.05) is 0 Å². The van der Waals surface area contributed by atoms with E-state index >= 15 is 0 Å². The first-order valence-electron chi connectivity index (χ1n) is 8.27. The van der Waals surface area contributed by atoms with Crippen LogP contribution in [0.3, 0.4) is 0 Å². The molecule has 0 radical (unpaired) electrons. The molecule has 23 heavy (non-hydrogen) atoms. The van der Waals surface area contributed by atoms with Crippen LogP contribution in [0.25, 0.3) is 0 Å². The summed E-state index contributed by atoms with van der Waals surface area (Å²) in [7, 11) is -3.48. The van der Waals surface area contributed by atoms with Gasteiger partial charge in [-0.2, -0.15) is 4.31 Å². The summed E-state index contributed by atoms with van der Waals surface area (Å²) in [6.07, 6.45) is 3.57. The Bertz CT molecular complexity index is 721. The number of amides is 1. The van der Waals surface area contributed by atoms with Crippen LogP contribution in [-0.2, 0) is 21.2 Å². The predicted molar refractivity (Wildman–Crippen MR) is 90.0 cm³/mol. The van der Waals surface area contributed by atoms with E-state index in [4.69, 9.17) is 0 Å². The van der Waals surface area contributed by atoms with Gasteiger partial charge in [0.15, 0.2) is 0 Å². The van der Waals surface area contributed by atoms with E-state index < -0.39 is 10.0 Å². The van der Waals surface area contributed by atoms with Gasteiger partial charge in [-0.05, 0) is 63.3 Å². The monoisotopic (exact) mass is 336 g/mol. The molecule has 6 heteroatoms. The van der Waals surface area contributed by atoms with E-state index in [1.165, 1.54) is 0 Å². The highest BCUT2D eigenvalue weighted by Gasteiger charge is 2.40. The molecule has 0 unspecified atom stereocenters. The van der Waals surface area contributed by atoms with E-state index in [1.54, 1.807) is 34.3 Å². The third kappa shape index (κ3) is 3.02. The van der Waals surface area contributed by atoms with Gasteiger partial charge < -0.3 is 4.90 Å². The van der Waals surface area contributed by atoms with Gasteiger partial charge in [0.05, 0.1) is 4.90 Å². The summed E-state index contributed by atoms with van der Waals surface area (Å²) in [5.41, 5.74) is 1.80. The van der Waals surface area contributed by atoms with Crippen LogP contribution in [0.2, 0.25) is 0 Å². The molecular weight excluding hydrogens is 312 g/mol. The van der Waals surface area contributed by atoms with Crippen LogP contribution in [0.15, 0.2) is 23.1 Å². The molecule has 0 aromatic heterocycles. The molecule has 0 saturated heterocycles. The minimum atomic E-state index is -3.48. The van der Waals surface area contributed by atoms with Gasteiger partial charge in [-0.25, -0.2) is 8.42 Å². The van der Waals surface area contributed by atoms with Gasteiger partial charge in [0.2, 0.25) is 15.9 Å². The second-order valence-electron chi connectivity index (χ2n) is 6.72. The maximum atomic E-state index is 13.0. The predicted octanol–water partition coefficient (Wildman–Crippen LogP) is 2.55. The highest BCUT2D eigenvalue weighted by molar-refractivity contribution is 7.89. The maximum Gasteiger partial charge on any atom is 0.243 e. The number of rotatable bonds is 4. The van der Waals surface area contributed by atoms with Crippen molar-refractivity contribution in [3.8, 4) is 0 Å². The average Bonchev–Trinajstić information content (AvgIpc) is 3.29. The molecule has 1 aromatic carbocycles. The van der Waals surface area contributed by atoms with Crippen LogP contribution >= 0.6 is 0 Å². The first-order valence-corrected chi connectivity index (χ1v) is 9.71. The Balaban J connectivity index is 1.99. The highest BCUT2D eigenvalue weighted by atomic mass is 32.2. The van der Waals surface area contributed by atoms with Gasteiger partial charge in [0, 0.05) is 31.2 Å². The molecule has 1 aliphatic carbocycles. The number of carbonyl (C=O) groups excluding carboxylic acids is 1. The first-order chi connectivity index (χ1) is 10.8. The lowest BCUT2D eigenvalue weighted by atomic mass is 10.0. The van der Waals surface area contributed by atoms with Crippen LogP contribution < -0.4 is 4.90 Å². The van der Waals surface area contributed by atoms with E-state index in [2.05, 4.69) is 0 Å². The van der Waals surface area contributed by atoms with Crippen molar-refractivity contribution in [1.82, 2.24) is 4.31 Å². The lowest BCUT2D eigenvalue weighted by molar-refractivity contribution is -0.116. The molecule has 1 aliphatic heterocycles. The summed E-state index contributed by atoms with van der Waals surface area (Å²) < 4.78 is 27.6. The number of nitrogens with zero attached hydrogens (tertiary/aromatic N) is 2. The van der Waals surface area contributed by atoms with Crippen molar-refractivity contribution < 1.29 is 13.2 Å². The van der Waals surface area contributed by atoms with Crippen molar-refractivity contribution >= 4 is 21.6 Å². The zero-order valence-corrected chi connectivity index (χ0v) is 14.8. The summed E-state index contributed by atoms with van der Waals surface area (Å²) in [5.74, 6) is 0.00310. The Hall–Kier alpha value is -1.40. The average molecular weight is 336 g/mol. The number of anilines is 1. The van der Waals surface area contributed by atoms with E-state index in [-0.39, 0.29) is 18.0 Å². The Kier molecular flexibility index (Phi) is 4.23. The van der Waals surface area contributed by atoms with Crippen molar-refractivity contribution in [2.24, 2.45) is 0 Å². The maximum absolute atomic E-state index is 13.0. The second kappa shape index (κ2) is 5.91. The third-order valence-electron chi connectivity index (χ3n) is 4.54. The molecule has 2 aliphatic rings. The summed E-state index contributed by atoms with van der Waals surface area (Å²) >= 11 is 0. The molecule has 126 valence electrons. The fourth-order valence-corrected chi connectivity index (χ4v) is 5.34.